The van der Waals surface area contributed by atoms with E-state index in [-0.39, 0.29) is 0 Å². The van der Waals surface area contributed by atoms with Crippen molar-refractivity contribution in [2.24, 2.45) is 0 Å². The third-order valence-electron chi connectivity index (χ3n) is 2.82. The van der Waals surface area contributed by atoms with Crippen molar-refractivity contribution in [2.45, 2.75) is 26.7 Å². The Kier molecular flexibility index (Phi) is 7.46. The third kappa shape index (κ3) is 6.03. The van der Waals surface area contributed by atoms with Crippen LogP contribution in [-0.2, 0) is 4.74 Å². The molecule has 0 saturated heterocycles. The molecule has 0 heterocycles. The van der Waals surface area contributed by atoms with E-state index in [1.807, 2.05) is 0 Å². The molecule has 0 saturated carbocycles. The number of methoxy groups -OCH3 is 1. The van der Waals surface area contributed by atoms with E-state index in [9.17, 15) is 0 Å². The quantitative estimate of drug-likeness (QED) is 0.685. The normalized spacial score (nSPS) is 10.6. The highest BCUT2D eigenvalue weighted by Gasteiger charge is 1.99. The molecule has 0 spiro atoms. The number of unbranched alkanes of at least 4 members (excludes halogenated alkanes) is 1. The Balaban J connectivity index is 2.07. The van der Waals surface area contributed by atoms with Crippen LogP contribution in [-0.4, -0.2) is 33.4 Å². The Hall–Kier alpha value is -1.06. The summed E-state index contributed by atoms with van der Waals surface area (Å²) in [4.78, 5) is 0. The molecule has 1 aromatic carbocycles. The first kappa shape index (κ1) is 15.0. The minimum Gasteiger partial charge on any atom is -0.493 e. The number of hydrogen-bond acceptors (Lipinski definition) is 3. The molecule has 3 heteroatoms. The van der Waals surface area contributed by atoms with Crippen LogP contribution in [0.5, 0.6) is 5.75 Å². The topological polar surface area (TPSA) is 30.5 Å². The molecule has 0 bridgehead atoms. The molecule has 1 N–H and O–H groups in total. The summed E-state index contributed by atoms with van der Waals surface area (Å²) in [5.74, 6) is 1.01. The second-order valence-corrected chi connectivity index (χ2v) is 4.57. The second kappa shape index (κ2) is 8.95. The number of hydrogen-bond donors (Lipinski definition) is 1. The fraction of sp³-hybridized carbons (Fsp3) is 0.600. The highest BCUT2D eigenvalue weighted by atomic mass is 16.5. The summed E-state index contributed by atoms with van der Waals surface area (Å²) in [6.45, 7) is 7.71. The Labute approximate surface area is 110 Å². The Bertz CT molecular complexity index is 339. The van der Waals surface area contributed by atoms with Gasteiger partial charge in [-0.05, 0) is 44.9 Å². The minimum atomic E-state index is 0.777. The van der Waals surface area contributed by atoms with Crippen molar-refractivity contribution < 1.29 is 9.47 Å². The summed E-state index contributed by atoms with van der Waals surface area (Å²) >= 11 is 0. The summed E-state index contributed by atoms with van der Waals surface area (Å²) in [5, 5.41) is 3.32. The zero-order valence-corrected chi connectivity index (χ0v) is 11.8. The van der Waals surface area contributed by atoms with Crippen molar-refractivity contribution in [2.75, 3.05) is 33.4 Å². The first-order valence-electron chi connectivity index (χ1n) is 6.63. The maximum absolute atomic E-state index is 5.77. The van der Waals surface area contributed by atoms with Crippen LogP contribution in [0.3, 0.4) is 0 Å². The van der Waals surface area contributed by atoms with Crippen molar-refractivity contribution in [3.05, 3.63) is 29.3 Å². The van der Waals surface area contributed by atoms with Gasteiger partial charge in [-0.2, -0.15) is 0 Å². The minimum absolute atomic E-state index is 0.777. The molecule has 102 valence electrons. The Morgan fingerprint density at radius 3 is 2.61 bits per heavy atom. The van der Waals surface area contributed by atoms with E-state index in [2.05, 4.69) is 37.4 Å². The molecule has 0 atom stereocenters. The van der Waals surface area contributed by atoms with Crippen LogP contribution < -0.4 is 10.1 Å². The monoisotopic (exact) mass is 251 g/mol. The van der Waals surface area contributed by atoms with Gasteiger partial charge < -0.3 is 14.8 Å². The zero-order valence-electron chi connectivity index (χ0n) is 11.8. The molecule has 0 amide bonds. The van der Waals surface area contributed by atoms with Crippen LogP contribution in [0, 0.1) is 13.8 Å². The second-order valence-electron chi connectivity index (χ2n) is 4.57. The summed E-state index contributed by atoms with van der Waals surface area (Å²) in [6.07, 6.45) is 2.21. The van der Waals surface area contributed by atoms with Crippen LogP contribution in [0.1, 0.15) is 24.0 Å². The molecule has 1 aromatic rings. The molecule has 0 aliphatic carbocycles. The van der Waals surface area contributed by atoms with Gasteiger partial charge in [-0.15, -0.1) is 0 Å². The summed E-state index contributed by atoms with van der Waals surface area (Å²) in [6, 6.07) is 6.30. The van der Waals surface area contributed by atoms with E-state index in [4.69, 9.17) is 9.47 Å². The van der Waals surface area contributed by atoms with Gasteiger partial charge in [-0.25, -0.2) is 0 Å². The van der Waals surface area contributed by atoms with Crippen LogP contribution in [0.25, 0.3) is 0 Å². The summed E-state index contributed by atoms with van der Waals surface area (Å²) in [5.41, 5.74) is 2.50. The lowest BCUT2D eigenvalue weighted by molar-refractivity contribution is 0.199. The van der Waals surface area contributed by atoms with Crippen molar-refractivity contribution >= 4 is 0 Å². The molecule has 0 unspecified atom stereocenters. The average molecular weight is 251 g/mol. The van der Waals surface area contributed by atoms with Gasteiger partial charge in [0.25, 0.3) is 0 Å². The van der Waals surface area contributed by atoms with Crippen molar-refractivity contribution in [3.8, 4) is 5.75 Å². The molecule has 0 aliphatic heterocycles. The van der Waals surface area contributed by atoms with E-state index in [0.29, 0.717) is 0 Å². The fourth-order valence-corrected chi connectivity index (χ4v) is 1.79. The first-order valence-corrected chi connectivity index (χ1v) is 6.63. The number of rotatable bonds is 9. The number of nitrogens with one attached hydrogen (secondary N) is 1. The smallest absolute Gasteiger partial charge is 0.122 e. The molecular formula is C15H25NO2. The van der Waals surface area contributed by atoms with Gasteiger partial charge in [0.1, 0.15) is 5.75 Å². The average Bonchev–Trinajstić information content (AvgIpc) is 2.35. The van der Waals surface area contributed by atoms with Crippen LogP contribution in [0.4, 0.5) is 0 Å². The maximum Gasteiger partial charge on any atom is 0.122 e. The van der Waals surface area contributed by atoms with E-state index >= 15 is 0 Å². The van der Waals surface area contributed by atoms with Gasteiger partial charge >= 0.3 is 0 Å². The largest absolute Gasteiger partial charge is 0.493 e. The van der Waals surface area contributed by atoms with Gasteiger partial charge in [0.15, 0.2) is 0 Å². The highest BCUT2D eigenvalue weighted by Crippen LogP contribution is 2.18. The molecule has 0 fully saturated rings. The van der Waals surface area contributed by atoms with E-state index in [1.165, 1.54) is 11.1 Å². The molecule has 18 heavy (non-hydrogen) atoms. The Morgan fingerprint density at radius 1 is 1.06 bits per heavy atom. The lowest BCUT2D eigenvalue weighted by Gasteiger charge is -2.09. The molecule has 0 aliphatic rings. The highest BCUT2D eigenvalue weighted by molar-refractivity contribution is 5.35. The number of ether oxygens (including phenoxy) is 2. The van der Waals surface area contributed by atoms with Crippen LogP contribution in [0.2, 0.25) is 0 Å². The van der Waals surface area contributed by atoms with Crippen molar-refractivity contribution in [1.82, 2.24) is 5.32 Å². The molecular weight excluding hydrogens is 226 g/mol. The predicted octanol–water partition coefficient (Wildman–Crippen LogP) is 2.70. The summed E-state index contributed by atoms with van der Waals surface area (Å²) < 4.78 is 10.7. The van der Waals surface area contributed by atoms with Crippen molar-refractivity contribution in [3.63, 3.8) is 0 Å². The van der Waals surface area contributed by atoms with Gasteiger partial charge in [0, 0.05) is 13.7 Å². The molecule has 3 nitrogen and oxygen atoms in total. The van der Waals surface area contributed by atoms with Gasteiger partial charge in [-0.1, -0.05) is 17.7 Å². The standard InChI is InChI=1S/C15H25NO2/c1-13-6-7-15(14(2)12-13)18-10-5-4-8-16-9-11-17-3/h6-7,12,16H,4-5,8-11H2,1-3H3. The fourth-order valence-electron chi connectivity index (χ4n) is 1.79. The third-order valence-corrected chi connectivity index (χ3v) is 2.82. The van der Waals surface area contributed by atoms with E-state index < -0.39 is 0 Å². The zero-order chi connectivity index (χ0) is 13.2. The van der Waals surface area contributed by atoms with Gasteiger partial charge in [-0.3, -0.25) is 0 Å². The van der Waals surface area contributed by atoms with Gasteiger partial charge in [0.2, 0.25) is 0 Å². The van der Waals surface area contributed by atoms with Crippen molar-refractivity contribution in [1.29, 1.82) is 0 Å². The predicted molar refractivity (Wildman–Crippen MR) is 75.4 cm³/mol. The van der Waals surface area contributed by atoms with Gasteiger partial charge in [0.05, 0.1) is 13.2 Å². The first-order chi connectivity index (χ1) is 8.74. The molecule has 0 radical (unpaired) electrons. The number of aryl methyl sites for hydroxylation is 2. The lowest BCUT2D eigenvalue weighted by atomic mass is 10.1. The lowest BCUT2D eigenvalue weighted by Crippen LogP contribution is -2.20. The Morgan fingerprint density at radius 2 is 1.89 bits per heavy atom. The summed E-state index contributed by atoms with van der Waals surface area (Å²) in [7, 11) is 1.72. The molecule has 0 aromatic heterocycles. The molecule has 1 rings (SSSR count). The number of benzene rings is 1. The van der Waals surface area contributed by atoms with E-state index in [0.717, 1.165) is 44.9 Å². The maximum atomic E-state index is 5.77. The van der Waals surface area contributed by atoms with Crippen LogP contribution >= 0.6 is 0 Å². The SMILES string of the molecule is COCCNCCCCOc1ccc(C)cc1C. The van der Waals surface area contributed by atoms with E-state index in [1.54, 1.807) is 7.11 Å². The van der Waals surface area contributed by atoms with Crippen LogP contribution in [0.15, 0.2) is 18.2 Å².